The Hall–Kier alpha value is -3.00. The molecule has 1 aromatic carbocycles. The van der Waals surface area contributed by atoms with Crippen LogP contribution < -0.4 is 0 Å². The Morgan fingerprint density at radius 1 is 0.857 bits per heavy atom. The first-order valence-corrected chi connectivity index (χ1v) is 9.94. The van der Waals surface area contributed by atoms with Crippen molar-refractivity contribution >= 4 is 0 Å². The van der Waals surface area contributed by atoms with Gasteiger partial charge in [0.1, 0.15) is 0 Å². The third kappa shape index (κ3) is 5.48. The number of benzene rings is 1. The Bertz CT molecular complexity index is 1310. The molecule has 0 aliphatic rings. The topological polar surface area (TPSA) is 43.6 Å². The molecule has 0 saturated carbocycles. The molecule has 0 atom stereocenters. The molecule has 4 aromatic rings. The number of alkyl halides is 6. The normalized spacial score (nSPS) is 12.3. The number of hydrogen-bond acceptors (Lipinski definition) is 3. The number of nitrogens with zero attached hydrogens (tertiary/aromatic N) is 4. The van der Waals surface area contributed by atoms with E-state index in [9.17, 15) is 26.3 Å². The molecule has 0 aliphatic carbocycles. The first kappa shape index (κ1) is 26.6. The molecule has 0 saturated heterocycles. The van der Waals surface area contributed by atoms with Crippen molar-refractivity contribution < 1.29 is 47.4 Å². The summed E-state index contributed by atoms with van der Waals surface area (Å²) in [6.07, 6.45) is -7.59. The van der Waals surface area contributed by atoms with Gasteiger partial charge in [-0.05, 0) is 37.5 Å². The van der Waals surface area contributed by atoms with Crippen LogP contribution in [0.15, 0.2) is 60.9 Å². The van der Waals surface area contributed by atoms with Gasteiger partial charge in [-0.25, -0.2) is 0 Å². The average Bonchev–Trinajstić information content (AvgIpc) is 3.27. The maximum Gasteiger partial charge on any atom is 2.00 e. The summed E-state index contributed by atoms with van der Waals surface area (Å²) in [5.41, 5.74) is -3.05. The van der Waals surface area contributed by atoms with Gasteiger partial charge in [0.2, 0.25) is 0 Å². The van der Waals surface area contributed by atoms with Gasteiger partial charge in [0.25, 0.3) is 0 Å². The predicted molar refractivity (Wildman–Crippen MR) is 111 cm³/mol. The monoisotopic (exact) mass is 669 g/mol. The Kier molecular flexibility index (Phi) is 7.27. The number of pyridine rings is 2. The average molecular weight is 669 g/mol. The van der Waals surface area contributed by atoms with Gasteiger partial charge in [0.05, 0.1) is 22.4 Å². The zero-order valence-electron chi connectivity index (χ0n) is 18.1. The Balaban J connectivity index is 0.00000342. The molecule has 184 valence electrons. The second-order valence-corrected chi connectivity index (χ2v) is 7.96. The summed E-state index contributed by atoms with van der Waals surface area (Å²) < 4.78 is 82.0. The summed E-state index contributed by atoms with van der Waals surface area (Å²) in [4.78, 5) is 7.64. The molecular formula is C24H16F6N4Pt. The quantitative estimate of drug-likeness (QED) is 0.190. The van der Waals surface area contributed by atoms with Gasteiger partial charge in [0, 0.05) is 11.9 Å². The smallest absolute Gasteiger partial charge is 0.316 e. The zero-order valence-corrected chi connectivity index (χ0v) is 20.4. The molecule has 0 aliphatic heterocycles. The third-order valence-electron chi connectivity index (χ3n) is 5.21. The molecule has 35 heavy (non-hydrogen) atoms. The van der Waals surface area contributed by atoms with Gasteiger partial charge in [0.15, 0.2) is 0 Å². The van der Waals surface area contributed by atoms with Gasteiger partial charge >= 0.3 is 33.4 Å². The van der Waals surface area contributed by atoms with E-state index in [4.69, 9.17) is 0 Å². The van der Waals surface area contributed by atoms with Crippen LogP contribution in [0.2, 0.25) is 0 Å². The van der Waals surface area contributed by atoms with E-state index < -0.39 is 29.0 Å². The van der Waals surface area contributed by atoms with E-state index in [1.165, 1.54) is 32.0 Å². The molecule has 4 rings (SSSR count). The molecule has 3 heterocycles. The van der Waals surface area contributed by atoms with E-state index in [2.05, 4.69) is 27.2 Å². The van der Waals surface area contributed by atoms with Crippen LogP contribution in [0.25, 0.3) is 16.9 Å². The van der Waals surface area contributed by atoms with Crippen molar-refractivity contribution in [3.05, 3.63) is 95.7 Å². The van der Waals surface area contributed by atoms with Crippen molar-refractivity contribution in [2.45, 2.75) is 31.6 Å². The summed E-state index contributed by atoms with van der Waals surface area (Å²) in [7, 11) is 0. The van der Waals surface area contributed by atoms with E-state index in [0.717, 1.165) is 23.1 Å². The van der Waals surface area contributed by atoms with E-state index >= 15 is 0 Å². The molecule has 4 nitrogen and oxygen atoms in total. The van der Waals surface area contributed by atoms with Crippen LogP contribution in [0, 0.1) is 12.1 Å². The van der Waals surface area contributed by atoms with Crippen molar-refractivity contribution in [2.75, 3.05) is 0 Å². The van der Waals surface area contributed by atoms with Crippen LogP contribution >= 0.6 is 0 Å². The number of halogens is 6. The van der Waals surface area contributed by atoms with Crippen molar-refractivity contribution in [2.24, 2.45) is 0 Å². The largest absolute Gasteiger partial charge is 2.00 e. The molecule has 3 aromatic heterocycles. The molecule has 11 heteroatoms. The van der Waals surface area contributed by atoms with Gasteiger partial charge < -0.3 is 4.98 Å². The number of aromatic nitrogens is 4. The van der Waals surface area contributed by atoms with Crippen molar-refractivity contribution in [3.63, 3.8) is 0 Å². The van der Waals surface area contributed by atoms with Crippen molar-refractivity contribution in [3.8, 4) is 16.9 Å². The Morgan fingerprint density at radius 2 is 1.60 bits per heavy atom. The van der Waals surface area contributed by atoms with Crippen LogP contribution in [-0.2, 0) is 38.8 Å². The van der Waals surface area contributed by atoms with Crippen molar-refractivity contribution in [1.29, 1.82) is 0 Å². The molecule has 0 fully saturated rings. The van der Waals surface area contributed by atoms with Gasteiger partial charge in [-0.1, -0.05) is 12.1 Å². The summed E-state index contributed by atoms with van der Waals surface area (Å²) in [5, 5.41) is 4.20. The molecule has 0 radical (unpaired) electrons. The summed E-state index contributed by atoms with van der Waals surface area (Å²) in [6.45, 7) is 3.04. The van der Waals surface area contributed by atoms with Gasteiger partial charge in [-0.2, -0.15) is 67.3 Å². The summed E-state index contributed by atoms with van der Waals surface area (Å²) in [5.74, 6) is 0. The third-order valence-corrected chi connectivity index (χ3v) is 5.21. The Labute approximate surface area is 211 Å². The molecule has 0 N–H and O–H groups in total. The summed E-state index contributed by atoms with van der Waals surface area (Å²) in [6, 6.07) is 17.1. The van der Waals surface area contributed by atoms with E-state index in [0.29, 0.717) is 5.69 Å². The van der Waals surface area contributed by atoms with Crippen LogP contribution in [0.4, 0.5) is 26.3 Å². The minimum absolute atomic E-state index is 0. The van der Waals surface area contributed by atoms with Crippen LogP contribution in [0.3, 0.4) is 0 Å². The minimum Gasteiger partial charge on any atom is -0.316 e. The standard InChI is InChI=1S/C24H16F6N4.Pt/c1-22(2,21-17(23(25,26)27)14-34(33-21)16-7-4-3-5-8-16)19-10-6-9-18(32-19)15-11-12-31-20(13-15)24(28,29)30;/h3-7,9-10,12-14H,1-2H3;/q-2;+2. The maximum atomic E-state index is 13.9. The van der Waals surface area contributed by atoms with Crippen molar-refractivity contribution in [1.82, 2.24) is 19.7 Å². The van der Waals surface area contributed by atoms with E-state index in [1.807, 2.05) is 0 Å². The fraction of sp³-hybridized carbons (Fsp3) is 0.208. The molecule has 0 spiro atoms. The van der Waals surface area contributed by atoms with Gasteiger partial charge in [-0.3, -0.25) is 9.67 Å². The first-order chi connectivity index (χ1) is 15.9. The maximum absolute atomic E-state index is 13.9. The fourth-order valence-electron chi connectivity index (χ4n) is 3.44. The van der Waals surface area contributed by atoms with E-state index in [1.54, 1.807) is 24.3 Å². The minimum atomic E-state index is -4.70. The number of hydrogen-bond donors (Lipinski definition) is 0. The number of para-hydroxylation sites is 1. The molecule has 0 amide bonds. The molecule has 0 bridgehead atoms. The summed E-state index contributed by atoms with van der Waals surface area (Å²) >= 11 is 0. The Morgan fingerprint density at radius 3 is 2.23 bits per heavy atom. The van der Waals surface area contributed by atoms with Crippen LogP contribution in [0.1, 0.15) is 36.5 Å². The van der Waals surface area contributed by atoms with E-state index in [-0.39, 0.29) is 43.7 Å². The zero-order chi connectivity index (χ0) is 24.7. The fourth-order valence-corrected chi connectivity index (χ4v) is 3.44. The molecule has 0 unspecified atom stereocenters. The second kappa shape index (κ2) is 9.57. The first-order valence-electron chi connectivity index (χ1n) is 9.94. The predicted octanol–water partition coefficient (Wildman–Crippen LogP) is 6.29. The molecular weight excluding hydrogens is 653 g/mol. The van der Waals surface area contributed by atoms with Gasteiger partial charge in [-0.15, -0.1) is 12.1 Å². The van der Waals surface area contributed by atoms with Crippen LogP contribution in [-0.4, -0.2) is 19.7 Å². The van der Waals surface area contributed by atoms with Crippen LogP contribution in [0.5, 0.6) is 0 Å². The second-order valence-electron chi connectivity index (χ2n) is 7.96. The SMILES string of the molecule is CC(C)(c1cccc(-c2[c-]cnc(C(F)(F)F)c2)n1)c1nn(-c2[c-]cccc2)cc1C(F)(F)F.[Pt+2]. The number of rotatable bonds is 4.